The van der Waals surface area contributed by atoms with Crippen LogP contribution in [-0.4, -0.2) is 54.3 Å². The summed E-state index contributed by atoms with van der Waals surface area (Å²) in [6, 6.07) is 8.98. The summed E-state index contributed by atoms with van der Waals surface area (Å²) in [4.78, 5) is 25.9. The van der Waals surface area contributed by atoms with Crippen LogP contribution in [0.2, 0.25) is 5.02 Å². The molecule has 0 atom stereocenters. The van der Waals surface area contributed by atoms with Crippen LogP contribution >= 0.6 is 11.6 Å². The number of sulfonamides is 1. The molecule has 3 rings (SSSR count). The molecule has 1 fully saturated rings. The summed E-state index contributed by atoms with van der Waals surface area (Å²) in [6.07, 6.45) is 1.54. The summed E-state index contributed by atoms with van der Waals surface area (Å²) in [7, 11) is -2.05. The fourth-order valence-electron chi connectivity index (χ4n) is 2.77. The number of aryl methyl sites for hydroxylation is 1. The summed E-state index contributed by atoms with van der Waals surface area (Å²) in [5, 5.41) is 0.352. The summed E-state index contributed by atoms with van der Waals surface area (Å²) in [5.41, 5.74) is 0.0391. The van der Waals surface area contributed by atoms with E-state index in [9.17, 15) is 18.0 Å². The van der Waals surface area contributed by atoms with Crippen molar-refractivity contribution >= 4 is 27.5 Å². The molecule has 1 aliphatic rings. The van der Waals surface area contributed by atoms with Gasteiger partial charge in [-0.3, -0.25) is 9.59 Å². The third-order valence-corrected chi connectivity index (χ3v) is 6.44. The summed E-state index contributed by atoms with van der Waals surface area (Å²) < 4.78 is 28.1. The van der Waals surface area contributed by atoms with E-state index in [1.54, 1.807) is 30.1 Å². The van der Waals surface area contributed by atoms with E-state index < -0.39 is 10.0 Å². The molecule has 9 heteroatoms. The number of halogens is 1. The smallest absolute Gasteiger partial charge is 0.254 e. The van der Waals surface area contributed by atoms with E-state index in [1.165, 1.54) is 33.3 Å². The minimum Gasteiger partial charge on any atom is -0.336 e. The Labute approximate surface area is 156 Å². The van der Waals surface area contributed by atoms with Crippen molar-refractivity contribution in [2.24, 2.45) is 7.05 Å². The molecule has 2 aromatic rings. The number of hydrogen-bond acceptors (Lipinski definition) is 4. The van der Waals surface area contributed by atoms with E-state index in [0.29, 0.717) is 10.6 Å². The maximum Gasteiger partial charge on any atom is 0.254 e. The second-order valence-electron chi connectivity index (χ2n) is 6.02. The second kappa shape index (κ2) is 7.22. The monoisotopic (exact) mass is 395 g/mol. The van der Waals surface area contributed by atoms with Crippen LogP contribution in [0.4, 0.5) is 0 Å². The highest BCUT2D eigenvalue weighted by molar-refractivity contribution is 7.89. The lowest BCUT2D eigenvalue weighted by atomic mass is 10.2. The van der Waals surface area contributed by atoms with E-state index in [1.807, 2.05) is 0 Å². The van der Waals surface area contributed by atoms with E-state index in [2.05, 4.69) is 0 Å². The van der Waals surface area contributed by atoms with Crippen LogP contribution in [-0.2, 0) is 17.1 Å². The molecule has 1 aliphatic heterocycles. The lowest BCUT2D eigenvalue weighted by Crippen LogP contribution is -2.50. The first-order valence-electron chi connectivity index (χ1n) is 8.01. The lowest BCUT2D eigenvalue weighted by Gasteiger charge is -2.34. The maximum atomic E-state index is 12.7. The number of piperazine rings is 1. The molecule has 138 valence electrons. The third kappa shape index (κ3) is 3.67. The maximum absolute atomic E-state index is 12.7. The van der Waals surface area contributed by atoms with Crippen LogP contribution in [0.1, 0.15) is 10.4 Å². The van der Waals surface area contributed by atoms with E-state index in [4.69, 9.17) is 11.6 Å². The first-order chi connectivity index (χ1) is 12.3. The number of carbonyl (C=O) groups excluding carboxylic acids is 1. The van der Waals surface area contributed by atoms with Crippen molar-refractivity contribution in [3.63, 3.8) is 0 Å². The normalized spacial score (nSPS) is 15.8. The van der Waals surface area contributed by atoms with Gasteiger partial charge in [-0.05, 0) is 24.3 Å². The topological polar surface area (TPSA) is 79.7 Å². The Kier molecular flexibility index (Phi) is 5.17. The summed E-state index contributed by atoms with van der Waals surface area (Å²) in [6.45, 7) is 0.887. The summed E-state index contributed by atoms with van der Waals surface area (Å²) in [5.74, 6) is -0.275. The molecule has 7 nitrogen and oxygen atoms in total. The van der Waals surface area contributed by atoms with Gasteiger partial charge in [-0.25, -0.2) is 8.42 Å². The quantitative estimate of drug-likeness (QED) is 0.781. The van der Waals surface area contributed by atoms with Gasteiger partial charge in [-0.1, -0.05) is 17.7 Å². The van der Waals surface area contributed by atoms with E-state index in [-0.39, 0.29) is 42.5 Å². The zero-order valence-corrected chi connectivity index (χ0v) is 15.7. The molecule has 0 spiro atoms. The molecule has 0 radical (unpaired) electrons. The molecule has 1 amide bonds. The number of rotatable bonds is 3. The number of amides is 1. The Morgan fingerprint density at radius 2 is 1.77 bits per heavy atom. The van der Waals surface area contributed by atoms with Gasteiger partial charge in [0.15, 0.2) is 0 Å². The average molecular weight is 396 g/mol. The number of nitrogens with zero attached hydrogens (tertiary/aromatic N) is 3. The van der Waals surface area contributed by atoms with Gasteiger partial charge in [-0.2, -0.15) is 4.31 Å². The third-order valence-electron chi connectivity index (χ3n) is 4.31. The molecular formula is C17H18ClN3O4S. The first-order valence-corrected chi connectivity index (χ1v) is 9.82. The predicted molar refractivity (Wildman–Crippen MR) is 97.8 cm³/mol. The lowest BCUT2D eigenvalue weighted by molar-refractivity contribution is 0.0697. The van der Waals surface area contributed by atoms with Crippen LogP contribution in [0.5, 0.6) is 0 Å². The van der Waals surface area contributed by atoms with Crippen molar-refractivity contribution in [2.75, 3.05) is 26.2 Å². The predicted octanol–water partition coefficient (Wildman–Crippen LogP) is 1.19. The molecule has 1 saturated heterocycles. The van der Waals surface area contributed by atoms with Gasteiger partial charge in [0.05, 0.1) is 4.90 Å². The molecule has 0 aliphatic carbocycles. The second-order valence-corrected chi connectivity index (χ2v) is 8.39. The van der Waals surface area contributed by atoms with Crippen LogP contribution in [0.15, 0.2) is 52.3 Å². The molecule has 26 heavy (non-hydrogen) atoms. The molecule has 0 bridgehead atoms. The molecule has 0 N–H and O–H groups in total. The minimum atomic E-state index is -3.65. The molecule has 1 aromatic carbocycles. The van der Waals surface area contributed by atoms with Crippen molar-refractivity contribution < 1.29 is 13.2 Å². The van der Waals surface area contributed by atoms with Gasteiger partial charge in [0.25, 0.3) is 11.5 Å². The van der Waals surface area contributed by atoms with Crippen molar-refractivity contribution in [2.45, 2.75) is 4.90 Å². The van der Waals surface area contributed by atoms with Crippen LogP contribution in [0, 0.1) is 0 Å². The number of benzene rings is 1. The Balaban J connectivity index is 1.71. The van der Waals surface area contributed by atoms with Gasteiger partial charge >= 0.3 is 0 Å². The molecule has 1 aromatic heterocycles. The standard InChI is InChI=1S/C17H18ClN3O4S/c1-19-6-5-13(11-16(19)22)17(23)20-7-9-21(10-8-20)26(24,25)15-4-2-3-14(18)12-15/h2-6,11-12H,7-10H2,1H3. The number of hydrogen-bond donors (Lipinski definition) is 0. The molecule has 0 unspecified atom stereocenters. The SMILES string of the molecule is Cn1ccc(C(=O)N2CCN(S(=O)(=O)c3cccc(Cl)c3)CC2)cc1=O. The van der Waals surface area contributed by atoms with Crippen molar-refractivity contribution in [1.29, 1.82) is 0 Å². The van der Waals surface area contributed by atoms with Crippen LogP contribution < -0.4 is 5.56 Å². The number of pyridine rings is 1. The Bertz CT molecular complexity index is 995. The zero-order valence-electron chi connectivity index (χ0n) is 14.1. The van der Waals surface area contributed by atoms with Gasteiger partial charge in [-0.15, -0.1) is 0 Å². The minimum absolute atomic E-state index is 0.135. The molecule has 2 heterocycles. The largest absolute Gasteiger partial charge is 0.336 e. The van der Waals surface area contributed by atoms with Crippen molar-refractivity contribution in [3.05, 3.63) is 63.5 Å². The van der Waals surface area contributed by atoms with Gasteiger partial charge < -0.3 is 9.47 Å². The average Bonchev–Trinajstić information content (AvgIpc) is 2.63. The van der Waals surface area contributed by atoms with Gasteiger partial charge in [0.2, 0.25) is 10.0 Å². The number of aromatic nitrogens is 1. The van der Waals surface area contributed by atoms with E-state index in [0.717, 1.165) is 0 Å². The fourth-order valence-corrected chi connectivity index (χ4v) is 4.50. The van der Waals surface area contributed by atoms with Crippen LogP contribution in [0.25, 0.3) is 0 Å². The fraction of sp³-hybridized carbons (Fsp3) is 0.294. The van der Waals surface area contributed by atoms with Crippen molar-refractivity contribution in [3.8, 4) is 0 Å². The first kappa shape index (κ1) is 18.6. The van der Waals surface area contributed by atoms with Crippen molar-refractivity contribution in [1.82, 2.24) is 13.8 Å². The summed E-state index contributed by atoms with van der Waals surface area (Å²) >= 11 is 5.88. The highest BCUT2D eigenvalue weighted by Gasteiger charge is 2.30. The van der Waals surface area contributed by atoms with Gasteiger partial charge in [0, 0.05) is 56.1 Å². The highest BCUT2D eigenvalue weighted by Crippen LogP contribution is 2.21. The Morgan fingerprint density at radius 3 is 2.38 bits per heavy atom. The van der Waals surface area contributed by atoms with Gasteiger partial charge in [0.1, 0.15) is 0 Å². The molecule has 0 saturated carbocycles. The highest BCUT2D eigenvalue weighted by atomic mass is 35.5. The molecular weight excluding hydrogens is 378 g/mol. The van der Waals surface area contributed by atoms with Crippen LogP contribution in [0.3, 0.4) is 0 Å². The Hall–Kier alpha value is -2.16. The zero-order chi connectivity index (χ0) is 18.9. The number of carbonyl (C=O) groups is 1. The Morgan fingerprint density at radius 1 is 1.08 bits per heavy atom. The van der Waals surface area contributed by atoms with E-state index >= 15 is 0 Å².